The van der Waals surface area contributed by atoms with Crippen molar-refractivity contribution in [1.82, 2.24) is 4.31 Å². The van der Waals surface area contributed by atoms with E-state index >= 15 is 0 Å². The molecule has 1 heterocycles. The number of carbonyl (C=O) groups is 1. The molecule has 0 atom stereocenters. The van der Waals surface area contributed by atoms with Gasteiger partial charge in [0.05, 0.1) is 18.1 Å². The van der Waals surface area contributed by atoms with Gasteiger partial charge in [-0.3, -0.25) is 4.79 Å². The summed E-state index contributed by atoms with van der Waals surface area (Å²) in [6.07, 6.45) is 3.04. The lowest BCUT2D eigenvalue weighted by atomic mass is 10.2. The van der Waals surface area contributed by atoms with Gasteiger partial charge in [0.1, 0.15) is 12.4 Å². The smallest absolute Gasteiger partial charge is 0.248 e. The van der Waals surface area contributed by atoms with Crippen LogP contribution in [0, 0.1) is 0 Å². The monoisotopic (exact) mass is 478 g/mol. The van der Waals surface area contributed by atoms with Gasteiger partial charge in [0, 0.05) is 24.9 Å². The van der Waals surface area contributed by atoms with Crippen LogP contribution < -0.4 is 10.1 Å². The van der Waals surface area contributed by atoms with Gasteiger partial charge < -0.3 is 14.8 Å². The molecule has 0 saturated carbocycles. The van der Waals surface area contributed by atoms with Gasteiger partial charge in [0.15, 0.2) is 0 Å². The molecule has 0 aliphatic carbocycles. The molecule has 3 aromatic rings. The fourth-order valence-electron chi connectivity index (χ4n) is 3.42. The molecular formula is C26H26N2O5S. The molecule has 0 radical (unpaired) electrons. The number of ether oxygens (including phenoxy) is 2. The highest BCUT2D eigenvalue weighted by atomic mass is 32.2. The second kappa shape index (κ2) is 11.1. The lowest BCUT2D eigenvalue weighted by Crippen LogP contribution is -2.40. The number of nitrogens with one attached hydrogen (secondary N) is 1. The Morgan fingerprint density at radius 3 is 2.29 bits per heavy atom. The maximum Gasteiger partial charge on any atom is 0.248 e. The number of morpholine rings is 1. The number of sulfonamides is 1. The van der Waals surface area contributed by atoms with Crippen LogP contribution in [0.2, 0.25) is 0 Å². The largest absolute Gasteiger partial charge is 0.489 e. The number of anilines is 1. The lowest BCUT2D eigenvalue weighted by molar-refractivity contribution is -0.111. The zero-order chi connectivity index (χ0) is 23.8. The Morgan fingerprint density at radius 2 is 1.62 bits per heavy atom. The van der Waals surface area contributed by atoms with Crippen molar-refractivity contribution in [2.45, 2.75) is 11.5 Å². The van der Waals surface area contributed by atoms with Gasteiger partial charge in [-0.25, -0.2) is 8.42 Å². The van der Waals surface area contributed by atoms with Crippen LogP contribution in [0.3, 0.4) is 0 Å². The topological polar surface area (TPSA) is 84.9 Å². The van der Waals surface area contributed by atoms with Crippen LogP contribution in [0.25, 0.3) is 6.08 Å². The molecule has 3 aromatic carbocycles. The predicted molar refractivity (Wildman–Crippen MR) is 131 cm³/mol. The minimum Gasteiger partial charge on any atom is -0.489 e. The van der Waals surface area contributed by atoms with Crippen molar-refractivity contribution < 1.29 is 22.7 Å². The van der Waals surface area contributed by atoms with Gasteiger partial charge >= 0.3 is 0 Å². The first-order valence-electron chi connectivity index (χ1n) is 10.9. The fraction of sp³-hybridized carbons (Fsp3) is 0.192. The number of hydrogen-bond donors (Lipinski definition) is 1. The Balaban J connectivity index is 1.29. The van der Waals surface area contributed by atoms with Crippen molar-refractivity contribution in [3.8, 4) is 5.75 Å². The van der Waals surface area contributed by atoms with Gasteiger partial charge in [0.2, 0.25) is 15.9 Å². The van der Waals surface area contributed by atoms with Gasteiger partial charge in [0.25, 0.3) is 0 Å². The van der Waals surface area contributed by atoms with Crippen molar-refractivity contribution in [3.05, 3.63) is 96.1 Å². The molecule has 4 rings (SSSR count). The van der Waals surface area contributed by atoms with Crippen LogP contribution in [-0.2, 0) is 26.2 Å². The van der Waals surface area contributed by atoms with Gasteiger partial charge in [-0.1, -0.05) is 42.5 Å². The Hall–Kier alpha value is -3.46. The predicted octanol–water partition coefficient (Wildman–Crippen LogP) is 3.94. The van der Waals surface area contributed by atoms with Crippen LogP contribution in [0.15, 0.2) is 89.8 Å². The molecule has 8 heteroatoms. The Morgan fingerprint density at radius 1 is 0.941 bits per heavy atom. The molecule has 1 saturated heterocycles. The highest BCUT2D eigenvalue weighted by Gasteiger charge is 2.25. The Labute approximate surface area is 199 Å². The zero-order valence-electron chi connectivity index (χ0n) is 18.6. The minimum absolute atomic E-state index is 0.227. The van der Waals surface area contributed by atoms with E-state index in [9.17, 15) is 13.2 Å². The third kappa shape index (κ3) is 6.32. The molecule has 0 spiro atoms. The quantitative estimate of drug-likeness (QED) is 0.496. The molecular weight excluding hydrogens is 452 g/mol. The summed E-state index contributed by atoms with van der Waals surface area (Å²) in [5.41, 5.74) is 2.45. The van der Waals surface area contributed by atoms with E-state index in [0.29, 0.717) is 44.3 Å². The van der Waals surface area contributed by atoms with Crippen molar-refractivity contribution in [2.75, 3.05) is 31.6 Å². The molecule has 7 nitrogen and oxygen atoms in total. The van der Waals surface area contributed by atoms with Crippen LogP contribution in [0.5, 0.6) is 5.75 Å². The molecule has 0 unspecified atom stereocenters. The maximum atomic E-state index is 12.7. The van der Waals surface area contributed by atoms with Gasteiger partial charge in [-0.2, -0.15) is 4.31 Å². The van der Waals surface area contributed by atoms with Crippen molar-refractivity contribution in [1.29, 1.82) is 0 Å². The summed E-state index contributed by atoms with van der Waals surface area (Å²) < 4.78 is 37.8. The Kier molecular flexibility index (Phi) is 7.74. The number of carbonyl (C=O) groups excluding carboxylic acids is 1. The van der Waals surface area contributed by atoms with Crippen molar-refractivity contribution in [3.63, 3.8) is 0 Å². The average Bonchev–Trinajstić information content (AvgIpc) is 2.88. The Bertz CT molecular complexity index is 1220. The molecule has 1 aliphatic rings. The first kappa shape index (κ1) is 23.7. The van der Waals surface area contributed by atoms with E-state index in [1.54, 1.807) is 54.6 Å². The summed E-state index contributed by atoms with van der Waals surface area (Å²) in [7, 11) is -3.53. The van der Waals surface area contributed by atoms with Crippen LogP contribution in [-0.4, -0.2) is 44.9 Å². The molecule has 1 aliphatic heterocycles. The van der Waals surface area contributed by atoms with E-state index in [1.165, 1.54) is 10.4 Å². The lowest BCUT2D eigenvalue weighted by Gasteiger charge is -2.26. The van der Waals surface area contributed by atoms with E-state index in [4.69, 9.17) is 9.47 Å². The van der Waals surface area contributed by atoms with Crippen molar-refractivity contribution >= 4 is 27.7 Å². The molecule has 1 N–H and O–H groups in total. The standard InChI is InChI=1S/C26H26N2O5S/c29-26(27-23-9-11-24(12-10-23)33-20-22-4-2-1-3-5-22)15-8-21-6-13-25(14-7-21)34(30,31)28-16-18-32-19-17-28/h1-15H,16-20H2,(H,27,29)/b15-8+. The summed E-state index contributed by atoms with van der Waals surface area (Å²) >= 11 is 0. The summed E-state index contributed by atoms with van der Waals surface area (Å²) in [5, 5.41) is 2.80. The van der Waals surface area contributed by atoms with Gasteiger partial charge in [-0.05, 0) is 53.6 Å². The van der Waals surface area contributed by atoms with Crippen LogP contribution in [0.1, 0.15) is 11.1 Å². The summed E-state index contributed by atoms with van der Waals surface area (Å²) in [4.78, 5) is 12.5. The molecule has 34 heavy (non-hydrogen) atoms. The number of hydrogen-bond acceptors (Lipinski definition) is 5. The summed E-state index contributed by atoms with van der Waals surface area (Å²) in [6, 6.07) is 23.5. The fourth-order valence-corrected chi connectivity index (χ4v) is 4.83. The second-order valence-corrected chi connectivity index (χ2v) is 9.64. The summed E-state index contributed by atoms with van der Waals surface area (Å²) in [5.74, 6) is 0.424. The van der Waals surface area contributed by atoms with E-state index in [2.05, 4.69) is 5.32 Å². The van der Waals surface area contributed by atoms with E-state index in [-0.39, 0.29) is 10.8 Å². The first-order valence-corrected chi connectivity index (χ1v) is 12.4. The van der Waals surface area contributed by atoms with E-state index in [1.807, 2.05) is 30.3 Å². The van der Waals surface area contributed by atoms with Gasteiger partial charge in [-0.15, -0.1) is 0 Å². The van der Waals surface area contributed by atoms with Crippen molar-refractivity contribution in [2.24, 2.45) is 0 Å². The third-order valence-corrected chi connectivity index (χ3v) is 7.20. The number of amides is 1. The molecule has 0 aromatic heterocycles. The number of benzene rings is 3. The van der Waals surface area contributed by atoms with E-state index < -0.39 is 10.0 Å². The molecule has 1 amide bonds. The summed E-state index contributed by atoms with van der Waals surface area (Å²) in [6.45, 7) is 1.98. The maximum absolute atomic E-state index is 12.7. The normalized spacial score (nSPS) is 14.7. The SMILES string of the molecule is O=C(/C=C/c1ccc(S(=O)(=O)N2CCOCC2)cc1)Nc1ccc(OCc2ccccc2)cc1. The third-order valence-electron chi connectivity index (χ3n) is 5.29. The molecule has 0 bridgehead atoms. The van der Waals surface area contributed by atoms with Crippen LogP contribution >= 0.6 is 0 Å². The first-order chi connectivity index (χ1) is 16.5. The average molecular weight is 479 g/mol. The number of rotatable bonds is 8. The van der Waals surface area contributed by atoms with E-state index in [0.717, 1.165) is 11.1 Å². The minimum atomic E-state index is -3.53. The highest BCUT2D eigenvalue weighted by molar-refractivity contribution is 7.89. The zero-order valence-corrected chi connectivity index (χ0v) is 19.4. The number of nitrogens with zero attached hydrogens (tertiary/aromatic N) is 1. The molecule has 176 valence electrons. The highest BCUT2D eigenvalue weighted by Crippen LogP contribution is 2.19. The van der Waals surface area contributed by atoms with Crippen LogP contribution in [0.4, 0.5) is 5.69 Å². The molecule has 1 fully saturated rings. The second-order valence-electron chi connectivity index (χ2n) is 7.71.